The highest BCUT2D eigenvalue weighted by Gasteiger charge is 2.32. The maximum atomic E-state index is 11.7. The highest BCUT2D eigenvalue weighted by Crippen LogP contribution is 2.20. The third kappa shape index (κ3) is 3.17. The average molecular weight is 275 g/mol. The molecule has 1 aromatic rings. The molecule has 17 heavy (non-hydrogen) atoms. The van der Waals surface area contributed by atoms with Crippen LogP contribution in [0.3, 0.4) is 0 Å². The summed E-state index contributed by atoms with van der Waals surface area (Å²) in [4.78, 5) is 15.7. The summed E-state index contributed by atoms with van der Waals surface area (Å²) in [5, 5.41) is 3.05. The molecule has 2 rings (SSSR count). The zero-order chi connectivity index (χ0) is 12.5. The summed E-state index contributed by atoms with van der Waals surface area (Å²) in [7, 11) is -3.04. The lowest BCUT2D eigenvalue weighted by molar-refractivity contribution is -0.119. The highest BCUT2D eigenvalue weighted by molar-refractivity contribution is 7.91. The van der Waals surface area contributed by atoms with E-state index in [-0.39, 0.29) is 17.4 Å². The molecule has 1 N–H and O–H groups in total. The number of pyridine rings is 1. The van der Waals surface area contributed by atoms with Gasteiger partial charge in [0.15, 0.2) is 9.84 Å². The molecule has 1 aliphatic heterocycles. The predicted octanol–water partition coefficient (Wildman–Crippen LogP) is 1.11. The van der Waals surface area contributed by atoms with Crippen molar-refractivity contribution in [1.82, 2.24) is 4.98 Å². The van der Waals surface area contributed by atoms with Crippen molar-refractivity contribution in [1.29, 1.82) is 0 Å². The zero-order valence-corrected chi connectivity index (χ0v) is 10.5. The standard InChI is InChI=1S/C10H11ClN2O3S/c11-8-1-2-9(12-5-8)13-10(14)7-3-4-17(15,16)6-7/h1-2,5,7H,3-4,6H2,(H,12,13,14)/t7-/m0/s1. The Bertz CT molecular complexity index is 527. The number of carbonyl (C=O) groups excluding carboxylic acids is 1. The van der Waals surface area contributed by atoms with Gasteiger partial charge in [-0.05, 0) is 18.6 Å². The van der Waals surface area contributed by atoms with Gasteiger partial charge in [-0.25, -0.2) is 13.4 Å². The number of nitrogens with zero attached hydrogens (tertiary/aromatic N) is 1. The first-order chi connectivity index (χ1) is 7.96. The summed E-state index contributed by atoms with van der Waals surface area (Å²) in [5.74, 6) is -0.395. The van der Waals surface area contributed by atoms with Gasteiger partial charge in [0.2, 0.25) is 5.91 Å². The first-order valence-electron chi connectivity index (χ1n) is 5.09. The molecule has 0 unspecified atom stereocenters. The number of aromatic nitrogens is 1. The Morgan fingerprint density at radius 1 is 1.47 bits per heavy atom. The Hall–Kier alpha value is -1.14. The second-order valence-electron chi connectivity index (χ2n) is 3.95. The van der Waals surface area contributed by atoms with Gasteiger partial charge in [-0.3, -0.25) is 4.79 Å². The second kappa shape index (κ2) is 4.62. The maximum Gasteiger partial charge on any atom is 0.229 e. The van der Waals surface area contributed by atoms with Crippen LogP contribution >= 0.6 is 11.6 Å². The average Bonchev–Trinajstić information content (AvgIpc) is 2.62. The van der Waals surface area contributed by atoms with Gasteiger partial charge < -0.3 is 5.32 Å². The Labute approximate surface area is 104 Å². The lowest BCUT2D eigenvalue weighted by Gasteiger charge is -2.08. The van der Waals surface area contributed by atoms with Crippen LogP contribution in [-0.4, -0.2) is 30.8 Å². The van der Waals surface area contributed by atoms with Crippen LogP contribution < -0.4 is 5.32 Å². The van der Waals surface area contributed by atoms with Crippen molar-refractivity contribution in [2.24, 2.45) is 5.92 Å². The molecule has 2 heterocycles. The summed E-state index contributed by atoms with van der Waals surface area (Å²) >= 11 is 5.66. The predicted molar refractivity (Wildman–Crippen MR) is 64.6 cm³/mol. The van der Waals surface area contributed by atoms with Gasteiger partial charge in [0.05, 0.1) is 22.4 Å². The quantitative estimate of drug-likeness (QED) is 0.876. The number of rotatable bonds is 2. The van der Waals surface area contributed by atoms with E-state index in [0.717, 1.165) is 0 Å². The van der Waals surface area contributed by atoms with Crippen LogP contribution in [0.1, 0.15) is 6.42 Å². The van der Waals surface area contributed by atoms with Crippen molar-refractivity contribution < 1.29 is 13.2 Å². The van der Waals surface area contributed by atoms with Gasteiger partial charge >= 0.3 is 0 Å². The van der Waals surface area contributed by atoms with E-state index in [2.05, 4.69) is 10.3 Å². The van der Waals surface area contributed by atoms with Gasteiger partial charge in [-0.15, -0.1) is 0 Å². The molecule has 1 saturated heterocycles. The fourth-order valence-corrected chi connectivity index (χ4v) is 3.53. The lowest BCUT2D eigenvalue weighted by atomic mass is 10.1. The smallest absolute Gasteiger partial charge is 0.229 e. The Balaban J connectivity index is 2.01. The molecule has 0 spiro atoms. The molecule has 1 aliphatic rings. The molecule has 0 saturated carbocycles. The molecule has 5 nitrogen and oxygen atoms in total. The topological polar surface area (TPSA) is 76.1 Å². The van der Waals surface area contributed by atoms with Crippen LogP contribution in [0, 0.1) is 5.92 Å². The molecule has 92 valence electrons. The van der Waals surface area contributed by atoms with E-state index in [4.69, 9.17) is 11.6 Å². The van der Waals surface area contributed by atoms with Crippen LogP contribution in [0.5, 0.6) is 0 Å². The Morgan fingerprint density at radius 2 is 2.24 bits per heavy atom. The minimum absolute atomic E-state index is 0.0770. The van der Waals surface area contributed by atoms with Crippen molar-refractivity contribution in [3.63, 3.8) is 0 Å². The molecule has 0 aromatic carbocycles. The molecule has 1 atom stereocenters. The van der Waals surface area contributed by atoms with Crippen molar-refractivity contribution in [2.45, 2.75) is 6.42 Å². The third-order valence-corrected chi connectivity index (χ3v) is 4.57. The molecule has 7 heteroatoms. The van der Waals surface area contributed by atoms with Crippen molar-refractivity contribution in [3.8, 4) is 0 Å². The van der Waals surface area contributed by atoms with Gasteiger partial charge in [0, 0.05) is 6.20 Å². The molecule has 0 bridgehead atoms. The number of hydrogen-bond donors (Lipinski definition) is 1. The number of nitrogens with one attached hydrogen (secondary N) is 1. The largest absolute Gasteiger partial charge is 0.310 e. The van der Waals surface area contributed by atoms with Gasteiger partial charge in [-0.1, -0.05) is 11.6 Å². The molecular formula is C10H11ClN2O3S. The van der Waals surface area contributed by atoms with Crippen LogP contribution in [0.25, 0.3) is 0 Å². The van der Waals surface area contributed by atoms with Gasteiger partial charge in [0.25, 0.3) is 0 Å². The SMILES string of the molecule is O=C(Nc1ccc(Cl)cn1)[C@H]1CCS(=O)(=O)C1. The summed E-state index contributed by atoms with van der Waals surface area (Å²) in [6.45, 7) is 0. The molecular weight excluding hydrogens is 264 g/mol. The van der Waals surface area contributed by atoms with E-state index < -0.39 is 15.8 Å². The molecule has 0 aliphatic carbocycles. The number of hydrogen-bond acceptors (Lipinski definition) is 4. The van der Waals surface area contributed by atoms with E-state index in [1.165, 1.54) is 6.20 Å². The maximum absolute atomic E-state index is 11.7. The highest BCUT2D eigenvalue weighted by atomic mass is 35.5. The third-order valence-electron chi connectivity index (χ3n) is 2.58. The Morgan fingerprint density at radius 3 is 2.76 bits per heavy atom. The fourth-order valence-electron chi connectivity index (χ4n) is 1.68. The van der Waals surface area contributed by atoms with E-state index >= 15 is 0 Å². The van der Waals surface area contributed by atoms with Crippen LogP contribution in [0.2, 0.25) is 5.02 Å². The Kier molecular flexibility index (Phi) is 3.35. The van der Waals surface area contributed by atoms with Gasteiger partial charge in [0.1, 0.15) is 5.82 Å². The van der Waals surface area contributed by atoms with E-state index in [0.29, 0.717) is 17.3 Å². The lowest BCUT2D eigenvalue weighted by Crippen LogP contribution is -2.24. The molecule has 1 aromatic heterocycles. The fraction of sp³-hybridized carbons (Fsp3) is 0.400. The van der Waals surface area contributed by atoms with Crippen LogP contribution in [0.15, 0.2) is 18.3 Å². The van der Waals surface area contributed by atoms with E-state index in [9.17, 15) is 13.2 Å². The monoisotopic (exact) mass is 274 g/mol. The van der Waals surface area contributed by atoms with E-state index in [1.54, 1.807) is 12.1 Å². The van der Waals surface area contributed by atoms with E-state index in [1.807, 2.05) is 0 Å². The molecule has 0 radical (unpaired) electrons. The number of halogens is 1. The second-order valence-corrected chi connectivity index (χ2v) is 6.62. The van der Waals surface area contributed by atoms with Crippen LogP contribution in [0.4, 0.5) is 5.82 Å². The summed E-state index contributed by atoms with van der Waals surface area (Å²) in [6.07, 6.45) is 1.80. The first kappa shape index (κ1) is 12.3. The van der Waals surface area contributed by atoms with Crippen molar-refractivity contribution in [2.75, 3.05) is 16.8 Å². The number of anilines is 1. The number of carbonyl (C=O) groups is 1. The normalized spacial score (nSPS) is 22.3. The summed E-state index contributed by atoms with van der Waals surface area (Å²) in [6, 6.07) is 3.18. The number of sulfone groups is 1. The summed E-state index contributed by atoms with van der Waals surface area (Å²) in [5.41, 5.74) is 0. The summed E-state index contributed by atoms with van der Waals surface area (Å²) < 4.78 is 22.5. The zero-order valence-electron chi connectivity index (χ0n) is 8.89. The molecule has 1 fully saturated rings. The molecule has 1 amide bonds. The van der Waals surface area contributed by atoms with Crippen molar-refractivity contribution in [3.05, 3.63) is 23.4 Å². The van der Waals surface area contributed by atoms with Crippen LogP contribution in [-0.2, 0) is 14.6 Å². The van der Waals surface area contributed by atoms with Crippen molar-refractivity contribution >= 4 is 33.2 Å². The minimum Gasteiger partial charge on any atom is -0.310 e. The number of amides is 1. The minimum atomic E-state index is -3.04. The van der Waals surface area contributed by atoms with Gasteiger partial charge in [-0.2, -0.15) is 0 Å². The first-order valence-corrected chi connectivity index (χ1v) is 7.29.